The highest BCUT2D eigenvalue weighted by Gasteiger charge is 2.42. The Morgan fingerprint density at radius 2 is 2.15 bits per heavy atom. The normalized spacial score (nSPS) is 32.9. The predicted molar refractivity (Wildman–Crippen MR) is 46.9 cm³/mol. The van der Waals surface area contributed by atoms with Crippen LogP contribution in [0.1, 0.15) is 19.3 Å². The van der Waals surface area contributed by atoms with Gasteiger partial charge in [0.05, 0.1) is 6.54 Å². The third-order valence-corrected chi connectivity index (χ3v) is 2.59. The molecule has 1 aliphatic carbocycles. The first-order valence-corrected chi connectivity index (χ1v) is 4.47. The van der Waals surface area contributed by atoms with Crippen molar-refractivity contribution in [3.63, 3.8) is 0 Å². The van der Waals surface area contributed by atoms with E-state index in [9.17, 15) is 9.59 Å². The van der Waals surface area contributed by atoms with Gasteiger partial charge < -0.3 is 10.6 Å². The number of rotatable bonds is 0. The largest absolute Gasteiger partial charge is 0.345 e. The van der Waals surface area contributed by atoms with Gasteiger partial charge in [-0.15, -0.1) is 0 Å². The van der Waals surface area contributed by atoms with E-state index < -0.39 is 5.54 Å². The summed E-state index contributed by atoms with van der Waals surface area (Å²) in [5.74, 6) is -0.133. The van der Waals surface area contributed by atoms with E-state index >= 15 is 0 Å². The number of hydrogen-bond donors (Lipinski definition) is 2. The maximum atomic E-state index is 11.6. The zero-order valence-electron chi connectivity index (χ0n) is 7.30. The second-order valence-electron chi connectivity index (χ2n) is 3.53. The summed E-state index contributed by atoms with van der Waals surface area (Å²) in [7, 11) is 0. The highest BCUT2D eigenvalue weighted by molar-refractivity contribution is 5.98. The van der Waals surface area contributed by atoms with Gasteiger partial charge in [-0.1, -0.05) is 12.2 Å². The zero-order valence-corrected chi connectivity index (χ0v) is 7.30. The van der Waals surface area contributed by atoms with Crippen LogP contribution in [0.4, 0.5) is 0 Å². The SMILES string of the molecule is O=C1CNC(=O)C2(CC=CCC2)N1. The fourth-order valence-corrected chi connectivity index (χ4v) is 1.85. The van der Waals surface area contributed by atoms with Crippen LogP contribution in [0.2, 0.25) is 0 Å². The minimum atomic E-state index is -0.649. The van der Waals surface area contributed by atoms with Crippen LogP contribution in [0.5, 0.6) is 0 Å². The standard InChI is InChI=1S/C9H12N2O2/c12-7-6-10-8(13)9(11-7)4-2-1-3-5-9/h1-2H,3-6H2,(H,10,13)(H,11,12). The lowest BCUT2D eigenvalue weighted by molar-refractivity contribution is -0.138. The van der Waals surface area contributed by atoms with Gasteiger partial charge in [0.15, 0.2) is 0 Å². The van der Waals surface area contributed by atoms with E-state index in [1.807, 2.05) is 12.2 Å². The summed E-state index contributed by atoms with van der Waals surface area (Å²) in [5, 5.41) is 5.39. The first kappa shape index (κ1) is 8.29. The Morgan fingerprint density at radius 3 is 2.85 bits per heavy atom. The molecule has 2 N–H and O–H groups in total. The minimum Gasteiger partial charge on any atom is -0.345 e. The molecule has 2 amide bonds. The maximum absolute atomic E-state index is 11.6. The average Bonchev–Trinajstić information content (AvgIpc) is 2.14. The Labute approximate surface area is 76.4 Å². The molecule has 4 nitrogen and oxygen atoms in total. The van der Waals surface area contributed by atoms with Crippen molar-refractivity contribution in [3.05, 3.63) is 12.2 Å². The molecule has 1 spiro atoms. The number of carbonyl (C=O) groups is 2. The second-order valence-corrected chi connectivity index (χ2v) is 3.53. The second kappa shape index (κ2) is 2.87. The van der Waals surface area contributed by atoms with Crippen molar-refractivity contribution in [1.29, 1.82) is 0 Å². The van der Waals surface area contributed by atoms with Gasteiger partial charge in [-0.3, -0.25) is 9.59 Å². The Morgan fingerprint density at radius 1 is 1.31 bits per heavy atom. The van der Waals surface area contributed by atoms with Crippen molar-refractivity contribution in [2.45, 2.75) is 24.8 Å². The van der Waals surface area contributed by atoms with E-state index in [4.69, 9.17) is 0 Å². The van der Waals surface area contributed by atoms with E-state index in [1.165, 1.54) is 0 Å². The van der Waals surface area contributed by atoms with E-state index in [2.05, 4.69) is 10.6 Å². The summed E-state index contributed by atoms with van der Waals surface area (Å²) in [6.45, 7) is 0.115. The molecule has 0 bridgehead atoms. The van der Waals surface area contributed by atoms with Crippen molar-refractivity contribution in [2.75, 3.05) is 6.54 Å². The summed E-state index contributed by atoms with van der Waals surface area (Å²) in [4.78, 5) is 22.7. The number of allylic oxidation sites excluding steroid dienone is 1. The zero-order chi connectivity index (χ0) is 9.31. The fourth-order valence-electron chi connectivity index (χ4n) is 1.85. The summed E-state index contributed by atoms with van der Waals surface area (Å²) in [6.07, 6.45) is 6.17. The van der Waals surface area contributed by atoms with Crippen LogP contribution >= 0.6 is 0 Å². The van der Waals surface area contributed by atoms with Crippen molar-refractivity contribution < 1.29 is 9.59 Å². The van der Waals surface area contributed by atoms with Gasteiger partial charge in [-0.2, -0.15) is 0 Å². The molecule has 0 aromatic rings. The Kier molecular flexibility index (Phi) is 1.83. The summed E-state index contributed by atoms with van der Waals surface area (Å²) < 4.78 is 0. The van der Waals surface area contributed by atoms with Crippen LogP contribution in [0.15, 0.2) is 12.2 Å². The highest BCUT2D eigenvalue weighted by Crippen LogP contribution is 2.24. The van der Waals surface area contributed by atoms with E-state index in [-0.39, 0.29) is 18.4 Å². The molecule has 1 fully saturated rings. The molecular formula is C9H12N2O2. The number of nitrogens with one attached hydrogen (secondary N) is 2. The average molecular weight is 180 g/mol. The van der Waals surface area contributed by atoms with Gasteiger partial charge in [0.1, 0.15) is 5.54 Å². The first-order chi connectivity index (χ1) is 6.23. The summed E-state index contributed by atoms with van der Waals surface area (Å²) in [5.41, 5.74) is -0.649. The quantitative estimate of drug-likeness (QED) is 0.503. The van der Waals surface area contributed by atoms with Gasteiger partial charge in [-0.05, 0) is 19.3 Å². The lowest BCUT2D eigenvalue weighted by atomic mass is 9.83. The van der Waals surface area contributed by atoms with Crippen LogP contribution in [0.25, 0.3) is 0 Å². The van der Waals surface area contributed by atoms with Crippen molar-refractivity contribution >= 4 is 11.8 Å². The molecule has 1 aliphatic heterocycles. The molecule has 0 aromatic carbocycles. The fraction of sp³-hybridized carbons (Fsp3) is 0.556. The molecule has 1 atom stereocenters. The number of carbonyl (C=O) groups excluding carboxylic acids is 2. The monoisotopic (exact) mass is 180 g/mol. The molecule has 0 radical (unpaired) electrons. The molecule has 1 saturated heterocycles. The van der Waals surface area contributed by atoms with Crippen LogP contribution in [0.3, 0.4) is 0 Å². The number of amides is 2. The molecule has 70 valence electrons. The number of piperazine rings is 1. The lowest BCUT2D eigenvalue weighted by Crippen LogP contribution is -2.65. The molecule has 13 heavy (non-hydrogen) atoms. The van der Waals surface area contributed by atoms with Gasteiger partial charge >= 0.3 is 0 Å². The van der Waals surface area contributed by atoms with Gasteiger partial charge in [0.2, 0.25) is 11.8 Å². The van der Waals surface area contributed by atoms with Gasteiger partial charge in [-0.25, -0.2) is 0 Å². The molecule has 2 aliphatic rings. The van der Waals surface area contributed by atoms with Crippen molar-refractivity contribution in [3.8, 4) is 0 Å². The minimum absolute atomic E-state index is 0.0450. The van der Waals surface area contributed by atoms with E-state index in [0.717, 1.165) is 6.42 Å². The first-order valence-electron chi connectivity index (χ1n) is 4.47. The molecule has 1 unspecified atom stereocenters. The highest BCUT2D eigenvalue weighted by atomic mass is 16.2. The molecule has 1 heterocycles. The summed E-state index contributed by atoms with van der Waals surface area (Å²) >= 11 is 0. The smallest absolute Gasteiger partial charge is 0.246 e. The molecule has 4 heteroatoms. The van der Waals surface area contributed by atoms with Crippen LogP contribution < -0.4 is 10.6 Å². The van der Waals surface area contributed by atoms with E-state index in [1.54, 1.807) is 0 Å². The molecular weight excluding hydrogens is 168 g/mol. The van der Waals surface area contributed by atoms with Crippen molar-refractivity contribution in [2.24, 2.45) is 0 Å². The Hall–Kier alpha value is -1.32. The van der Waals surface area contributed by atoms with Crippen LogP contribution in [0, 0.1) is 0 Å². The summed E-state index contributed by atoms with van der Waals surface area (Å²) in [6, 6.07) is 0. The third kappa shape index (κ3) is 1.32. The molecule has 0 saturated carbocycles. The van der Waals surface area contributed by atoms with Crippen LogP contribution in [-0.4, -0.2) is 23.9 Å². The van der Waals surface area contributed by atoms with E-state index in [0.29, 0.717) is 12.8 Å². The lowest BCUT2D eigenvalue weighted by Gasteiger charge is -2.37. The Balaban J connectivity index is 2.22. The number of hydrogen-bond acceptors (Lipinski definition) is 2. The van der Waals surface area contributed by atoms with Gasteiger partial charge in [0.25, 0.3) is 0 Å². The predicted octanol–water partition coefficient (Wildman–Crippen LogP) is -0.289. The van der Waals surface area contributed by atoms with Crippen molar-refractivity contribution in [1.82, 2.24) is 10.6 Å². The Bertz CT molecular complexity index is 285. The topological polar surface area (TPSA) is 58.2 Å². The molecule has 0 aromatic heterocycles. The molecule has 2 rings (SSSR count). The van der Waals surface area contributed by atoms with Gasteiger partial charge in [0, 0.05) is 0 Å². The van der Waals surface area contributed by atoms with Crippen LogP contribution in [-0.2, 0) is 9.59 Å². The third-order valence-electron chi connectivity index (χ3n) is 2.59. The maximum Gasteiger partial charge on any atom is 0.246 e.